The molecule has 0 bridgehead atoms. The Morgan fingerprint density at radius 3 is 2.60 bits per heavy atom. The van der Waals surface area contributed by atoms with Crippen molar-refractivity contribution in [3.8, 4) is 0 Å². The van der Waals surface area contributed by atoms with E-state index in [9.17, 15) is 0 Å². The van der Waals surface area contributed by atoms with Crippen molar-refractivity contribution in [2.75, 3.05) is 0 Å². The van der Waals surface area contributed by atoms with Crippen molar-refractivity contribution in [2.45, 2.75) is 84.3 Å². The third-order valence-electron chi connectivity index (χ3n) is 3.77. The molecule has 0 aromatic heterocycles. The highest BCUT2D eigenvalue weighted by atomic mass is 16.5. The van der Waals surface area contributed by atoms with Gasteiger partial charge in [0.15, 0.2) is 0 Å². The fraction of sp³-hybridized carbons (Fsp3) is 1.00. The molecule has 0 radical (unpaired) electrons. The zero-order chi connectivity index (χ0) is 11.1. The van der Waals surface area contributed by atoms with Gasteiger partial charge < -0.3 is 4.74 Å². The van der Waals surface area contributed by atoms with E-state index in [1.165, 1.54) is 51.4 Å². The first kappa shape index (κ1) is 13.0. The van der Waals surface area contributed by atoms with Crippen molar-refractivity contribution in [1.82, 2.24) is 0 Å². The van der Waals surface area contributed by atoms with E-state index in [2.05, 4.69) is 20.8 Å². The molecular formula is C14H28O. The lowest BCUT2D eigenvalue weighted by Gasteiger charge is -2.21. The highest BCUT2D eigenvalue weighted by Crippen LogP contribution is 2.25. The average molecular weight is 212 g/mol. The zero-order valence-electron chi connectivity index (χ0n) is 10.8. The Morgan fingerprint density at radius 2 is 1.87 bits per heavy atom. The standard InChI is InChI=1S/C14H28O/c1-4-5-6-7-10-14-11-8-9-12(2)13(3)15-14/h12-14H,4-11H2,1-3H3/t12-,13-,14-/m1/s1. The summed E-state index contributed by atoms with van der Waals surface area (Å²) >= 11 is 0. The van der Waals surface area contributed by atoms with Gasteiger partial charge in [-0.1, -0.05) is 46.0 Å². The smallest absolute Gasteiger partial charge is 0.0578 e. The molecule has 0 unspecified atom stereocenters. The second-order valence-corrected chi connectivity index (χ2v) is 5.22. The molecule has 15 heavy (non-hydrogen) atoms. The lowest BCUT2D eigenvalue weighted by molar-refractivity contribution is -0.0223. The van der Waals surface area contributed by atoms with E-state index in [4.69, 9.17) is 4.74 Å². The summed E-state index contributed by atoms with van der Waals surface area (Å²) in [5.74, 6) is 0.755. The zero-order valence-corrected chi connectivity index (χ0v) is 10.8. The summed E-state index contributed by atoms with van der Waals surface area (Å²) in [5, 5.41) is 0. The second-order valence-electron chi connectivity index (χ2n) is 5.22. The van der Waals surface area contributed by atoms with E-state index in [0.29, 0.717) is 12.2 Å². The molecule has 1 aliphatic heterocycles. The normalized spacial score (nSPS) is 32.6. The van der Waals surface area contributed by atoms with Gasteiger partial charge in [0.25, 0.3) is 0 Å². The van der Waals surface area contributed by atoms with E-state index in [-0.39, 0.29) is 0 Å². The van der Waals surface area contributed by atoms with E-state index < -0.39 is 0 Å². The van der Waals surface area contributed by atoms with Crippen LogP contribution in [0, 0.1) is 5.92 Å². The summed E-state index contributed by atoms with van der Waals surface area (Å²) < 4.78 is 6.10. The minimum Gasteiger partial charge on any atom is -0.375 e. The van der Waals surface area contributed by atoms with E-state index in [0.717, 1.165) is 5.92 Å². The van der Waals surface area contributed by atoms with Crippen LogP contribution in [0.1, 0.15) is 72.1 Å². The van der Waals surface area contributed by atoms with Crippen molar-refractivity contribution >= 4 is 0 Å². The van der Waals surface area contributed by atoms with Gasteiger partial charge in [-0.3, -0.25) is 0 Å². The van der Waals surface area contributed by atoms with Gasteiger partial charge in [-0.2, -0.15) is 0 Å². The van der Waals surface area contributed by atoms with E-state index in [1.54, 1.807) is 0 Å². The first-order valence-electron chi connectivity index (χ1n) is 6.89. The SMILES string of the molecule is CCCCCC[C@@H]1CCC[C@@H](C)[C@@H](C)O1. The molecular weight excluding hydrogens is 184 g/mol. The van der Waals surface area contributed by atoms with Gasteiger partial charge in [-0.25, -0.2) is 0 Å². The monoisotopic (exact) mass is 212 g/mol. The molecule has 1 rings (SSSR count). The van der Waals surface area contributed by atoms with Crippen LogP contribution in [-0.4, -0.2) is 12.2 Å². The quantitative estimate of drug-likeness (QED) is 0.607. The fourth-order valence-corrected chi connectivity index (χ4v) is 2.42. The molecule has 0 saturated carbocycles. The van der Waals surface area contributed by atoms with Gasteiger partial charge >= 0.3 is 0 Å². The van der Waals surface area contributed by atoms with Crippen molar-refractivity contribution < 1.29 is 4.74 Å². The molecule has 1 aliphatic rings. The first-order chi connectivity index (χ1) is 7.24. The van der Waals surface area contributed by atoms with E-state index >= 15 is 0 Å². The molecule has 3 atom stereocenters. The Kier molecular flexibility index (Phi) is 6.31. The largest absolute Gasteiger partial charge is 0.375 e. The van der Waals surface area contributed by atoms with Gasteiger partial charge in [0.05, 0.1) is 12.2 Å². The molecule has 1 fully saturated rings. The Morgan fingerprint density at radius 1 is 1.07 bits per heavy atom. The van der Waals surface area contributed by atoms with Crippen molar-refractivity contribution in [3.63, 3.8) is 0 Å². The molecule has 0 N–H and O–H groups in total. The predicted molar refractivity (Wildman–Crippen MR) is 66.1 cm³/mol. The van der Waals surface area contributed by atoms with E-state index in [1.807, 2.05) is 0 Å². The maximum atomic E-state index is 6.10. The minimum atomic E-state index is 0.476. The fourth-order valence-electron chi connectivity index (χ4n) is 2.42. The first-order valence-corrected chi connectivity index (χ1v) is 6.89. The molecule has 0 aliphatic carbocycles. The Hall–Kier alpha value is -0.0400. The summed E-state index contributed by atoms with van der Waals surface area (Å²) in [6.07, 6.45) is 11.8. The molecule has 1 nitrogen and oxygen atoms in total. The lowest BCUT2D eigenvalue weighted by Crippen LogP contribution is -2.21. The summed E-state index contributed by atoms with van der Waals surface area (Å²) in [5.41, 5.74) is 0. The lowest BCUT2D eigenvalue weighted by atomic mass is 9.99. The van der Waals surface area contributed by atoms with Crippen LogP contribution in [0.5, 0.6) is 0 Å². The Bertz CT molecular complexity index is 155. The van der Waals surface area contributed by atoms with Crippen LogP contribution in [0.25, 0.3) is 0 Å². The number of ether oxygens (including phenoxy) is 1. The van der Waals surface area contributed by atoms with Crippen LogP contribution in [-0.2, 0) is 4.74 Å². The molecule has 1 heterocycles. The van der Waals surface area contributed by atoms with Gasteiger partial charge in [0, 0.05) is 0 Å². The Labute approximate surface area is 95.6 Å². The van der Waals surface area contributed by atoms with Gasteiger partial charge in [-0.05, 0) is 32.1 Å². The van der Waals surface area contributed by atoms with Crippen LogP contribution in [0.2, 0.25) is 0 Å². The minimum absolute atomic E-state index is 0.476. The molecule has 0 spiro atoms. The Balaban J connectivity index is 2.17. The number of rotatable bonds is 5. The molecule has 0 aromatic carbocycles. The van der Waals surface area contributed by atoms with Crippen LogP contribution >= 0.6 is 0 Å². The van der Waals surface area contributed by atoms with Crippen molar-refractivity contribution in [3.05, 3.63) is 0 Å². The van der Waals surface area contributed by atoms with Crippen LogP contribution < -0.4 is 0 Å². The van der Waals surface area contributed by atoms with Crippen LogP contribution in [0.15, 0.2) is 0 Å². The molecule has 1 saturated heterocycles. The summed E-state index contributed by atoms with van der Waals surface area (Å²) in [6, 6.07) is 0. The van der Waals surface area contributed by atoms with Crippen molar-refractivity contribution in [2.24, 2.45) is 5.92 Å². The molecule has 90 valence electrons. The molecule has 1 heteroatoms. The number of hydrogen-bond donors (Lipinski definition) is 0. The number of unbranched alkanes of at least 4 members (excludes halogenated alkanes) is 3. The summed E-state index contributed by atoms with van der Waals surface area (Å²) in [7, 11) is 0. The molecule has 0 aromatic rings. The third kappa shape index (κ3) is 5.01. The second kappa shape index (κ2) is 7.27. The summed E-state index contributed by atoms with van der Waals surface area (Å²) in [4.78, 5) is 0. The van der Waals surface area contributed by atoms with Gasteiger partial charge in [0.2, 0.25) is 0 Å². The van der Waals surface area contributed by atoms with Crippen LogP contribution in [0.3, 0.4) is 0 Å². The topological polar surface area (TPSA) is 9.23 Å². The maximum Gasteiger partial charge on any atom is 0.0578 e. The predicted octanol–water partition coefficient (Wildman–Crippen LogP) is 4.55. The third-order valence-corrected chi connectivity index (χ3v) is 3.77. The summed E-state index contributed by atoms with van der Waals surface area (Å²) in [6.45, 7) is 6.84. The highest BCUT2D eigenvalue weighted by Gasteiger charge is 2.22. The average Bonchev–Trinajstić information content (AvgIpc) is 2.37. The van der Waals surface area contributed by atoms with Crippen LogP contribution in [0.4, 0.5) is 0 Å². The highest BCUT2D eigenvalue weighted by molar-refractivity contribution is 4.71. The van der Waals surface area contributed by atoms with Gasteiger partial charge in [0.1, 0.15) is 0 Å². The molecule has 0 amide bonds. The number of hydrogen-bond acceptors (Lipinski definition) is 1. The maximum absolute atomic E-state index is 6.10. The van der Waals surface area contributed by atoms with Gasteiger partial charge in [-0.15, -0.1) is 0 Å². The van der Waals surface area contributed by atoms with Crippen molar-refractivity contribution in [1.29, 1.82) is 0 Å².